The number of aromatic nitrogens is 1. The van der Waals surface area contributed by atoms with Crippen molar-refractivity contribution in [2.75, 3.05) is 11.1 Å². The summed E-state index contributed by atoms with van der Waals surface area (Å²) in [4.78, 5) is 3.91. The lowest BCUT2D eigenvalue weighted by Gasteiger charge is -2.09. The molecular formula is C12H10ClF2N3. The molecule has 0 unspecified atom stereocenters. The van der Waals surface area contributed by atoms with Gasteiger partial charge in [0, 0.05) is 17.8 Å². The van der Waals surface area contributed by atoms with E-state index in [1.165, 1.54) is 19.1 Å². The predicted molar refractivity (Wildman–Crippen MR) is 68.0 cm³/mol. The Balaban J connectivity index is 2.36. The lowest BCUT2D eigenvalue weighted by atomic mass is 10.2. The van der Waals surface area contributed by atoms with Crippen LogP contribution in [0.1, 0.15) is 5.56 Å². The summed E-state index contributed by atoms with van der Waals surface area (Å²) in [7, 11) is 0. The van der Waals surface area contributed by atoms with Crippen molar-refractivity contribution in [2.24, 2.45) is 0 Å². The number of rotatable bonds is 2. The van der Waals surface area contributed by atoms with Crippen LogP contribution in [0, 0.1) is 18.6 Å². The van der Waals surface area contributed by atoms with Crippen molar-refractivity contribution in [1.82, 2.24) is 4.98 Å². The Morgan fingerprint density at radius 1 is 1.17 bits per heavy atom. The van der Waals surface area contributed by atoms with Gasteiger partial charge in [-0.1, -0.05) is 11.6 Å². The lowest BCUT2D eigenvalue weighted by molar-refractivity contribution is 0.595. The Kier molecular flexibility index (Phi) is 3.34. The Hall–Kier alpha value is -1.88. The second-order valence-electron chi connectivity index (χ2n) is 3.81. The van der Waals surface area contributed by atoms with Crippen LogP contribution in [0.25, 0.3) is 0 Å². The summed E-state index contributed by atoms with van der Waals surface area (Å²) in [6, 6.07) is 5.09. The molecule has 0 saturated carbocycles. The van der Waals surface area contributed by atoms with E-state index in [9.17, 15) is 8.78 Å². The summed E-state index contributed by atoms with van der Waals surface area (Å²) >= 11 is 5.71. The third-order valence-corrected chi connectivity index (χ3v) is 2.52. The molecule has 2 aromatic rings. The average Bonchev–Trinajstić information content (AvgIpc) is 2.24. The number of aryl methyl sites for hydroxylation is 1. The summed E-state index contributed by atoms with van der Waals surface area (Å²) < 4.78 is 26.9. The van der Waals surface area contributed by atoms with Crippen LogP contribution in [0.5, 0.6) is 0 Å². The van der Waals surface area contributed by atoms with Crippen LogP contribution in [0.4, 0.5) is 26.0 Å². The van der Waals surface area contributed by atoms with E-state index in [0.29, 0.717) is 5.69 Å². The number of halogens is 3. The van der Waals surface area contributed by atoms with Gasteiger partial charge in [-0.25, -0.2) is 13.8 Å². The largest absolute Gasteiger partial charge is 0.399 e. The molecule has 0 aliphatic carbocycles. The number of nitrogens with zero attached hydrogens (tertiary/aromatic N) is 1. The molecule has 3 N–H and O–H groups in total. The van der Waals surface area contributed by atoms with Crippen molar-refractivity contribution in [3.05, 3.63) is 46.6 Å². The second kappa shape index (κ2) is 4.78. The zero-order chi connectivity index (χ0) is 13.3. The maximum Gasteiger partial charge on any atom is 0.147 e. The first kappa shape index (κ1) is 12.6. The number of hydrogen-bond donors (Lipinski definition) is 2. The Morgan fingerprint density at radius 3 is 2.56 bits per heavy atom. The summed E-state index contributed by atoms with van der Waals surface area (Å²) in [6.07, 6.45) is 0. The van der Waals surface area contributed by atoms with Gasteiger partial charge >= 0.3 is 0 Å². The van der Waals surface area contributed by atoms with Crippen molar-refractivity contribution < 1.29 is 8.78 Å². The number of nitrogen functional groups attached to an aromatic ring is 1. The van der Waals surface area contributed by atoms with E-state index < -0.39 is 11.6 Å². The minimum absolute atomic E-state index is 0.0210. The normalized spacial score (nSPS) is 10.4. The number of nitrogens with two attached hydrogens (primary N) is 1. The van der Waals surface area contributed by atoms with Crippen LogP contribution in [-0.4, -0.2) is 4.98 Å². The van der Waals surface area contributed by atoms with E-state index in [4.69, 9.17) is 17.3 Å². The highest BCUT2D eigenvalue weighted by Crippen LogP contribution is 2.24. The molecule has 1 aromatic carbocycles. The SMILES string of the molecule is Cc1cc(F)c(Nc2cc(N)cc(Cl)n2)cc1F. The third-order valence-electron chi connectivity index (χ3n) is 2.33. The van der Waals surface area contributed by atoms with Crippen molar-refractivity contribution in [1.29, 1.82) is 0 Å². The van der Waals surface area contributed by atoms with E-state index in [1.807, 2.05) is 0 Å². The van der Waals surface area contributed by atoms with Gasteiger partial charge < -0.3 is 11.1 Å². The summed E-state index contributed by atoms with van der Waals surface area (Å²) in [5.41, 5.74) is 6.16. The molecule has 94 valence electrons. The van der Waals surface area contributed by atoms with Gasteiger partial charge in [0.25, 0.3) is 0 Å². The van der Waals surface area contributed by atoms with Gasteiger partial charge in [-0.2, -0.15) is 0 Å². The zero-order valence-corrected chi connectivity index (χ0v) is 10.2. The van der Waals surface area contributed by atoms with Crippen LogP contribution < -0.4 is 11.1 Å². The monoisotopic (exact) mass is 269 g/mol. The highest BCUT2D eigenvalue weighted by molar-refractivity contribution is 6.29. The molecule has 0 fully saturated rings. The number of hydrogen-bond acceptors (Lipinski definition) is 3. The molecule has 0 aliphatic rings. The minimum Gasteiger partial charge on any atom is -0.399 e. The van der Waals surface area contributed by atoms with Crippen molar-refractivity contribution in [3.8, 4) is 0 Å². The van der Waals surface area contributed by atoms with Crippen LogP contribution >= 0.6 is 11.6 Å². The van der Waals surface area contributed by atoms with Gasteiger partial charge in [0.15, 0.2) is 0 Å². The Morgan fingerprint density at radius 2 is 1.89 bits per heavy atom. The molecule has 0 radical (unpaired) electrons. The summed E-state index contributed by atoms with van der Waals surface area (Å²) in [5, 5.41) is 2.80. The highest BCUT2D eigenvalue weighted by Gasteiger charge is 2.08. The molecule has 0 spiro atoms. The van der Waals surface area contributed by atoms with Crippen LogP contribution in [0.15, 0.2) is 24.3 Å². The Bertz CT molecular complexity index is 582. The molecule has 0 atom stereocenters. The fraction of sp³-hybridized carbons (Fsp3) is 0.0833. The van der Waals surface area contributed by atoms with Gasteiger partial charge in [0.05, 0.1) is 5.69 Å². The predicted octanol–water partition coefficient (Wildman–Crippen LogP) is 3.65. The van der Waals surface area contributed by atoms with Gasteiger partial charge in [-0.3, -0.25) is 0 Å². The van der Waals surface area contributed by atoms with Crippen LogP contribution in [-0.2, 0) is 0 Å². The first-order chi connectivity index (χ1) is 8.45. The van der Waals surface area contributed by atoms with E-state index in [0.717, 1.165) is 12.1 Å². The Labute approximate surface area is 108 Å². The number of benzene rings is 1. The van der Waals surface area contributed by atoms with E-state index in [2.05, 4.69) is 10.3 Å². The molecule has 6 heteroatoms. The topological polar surface area (TPSA) is 50.9 Å². The summed E-state index contributed by atoms with van der Waals surface area (Å²) in [6.45, 7) is 1.48. The maximum absolute atomic E-state index is 13.6. The first-order valence-electron chi connectivity index (χ1n) is 5.11. The standard InChI is InChI=1S/C12H10ClF2N3/c1-6-2-9(15)10(5-8(6)14)17-12-4-7(16)3-11(13)18-12/h2-5H,1H3,(H3,16,17,18). The fourth-order valence-corrected chi connectivity index (χ4v) is 1.68. The zero-order valence-electron chi connectivity index (χ0n) is 9.47. The van der Waals surface area contributed by atoms with Crippen molar-refractivity contribution in [3.63, 3.8) is 0 Å². The van der Waals surface area contributed by atoms with E-state index in [1.54, 1.807) is 0 Å². The van der Waals surface area contributed by atoms with E-state index in [-0.39, 0.29) is 22.2 Å². The molecule has 0 aliphatic heterocycles. The molecule has 0 amide bonds. The molecule has 1 aromatic heterocycles. The van der Waals surface area contributed by atoms with Gasteiger partial charge in [0.1, 0.15) is 22.6 Å². The van der Waals surface area contributed by atoms with Crippen molar-refractivity contribution >= 4 is 28.8 Å². The fourth-order valence-electron chi connectivity index (χ4n) is 1.46. The maximum atomic E-state index is 13.6. The number of nitrogens with one attached hydrogen (secondary N) is 1. The molecule has 3 nitrogen and oxygen atoms in total. The highest BCUT2D eigenvalue weighted by atomic mass is 35.5. The number of anilines is 3. The second-order valence-corrected chi connectivity index (χ2v) is 4.20. The van der Waals surface area contributed by atoms with Gasteiger partial charge in [0.2, 0.25) is 0 Å². The quantitative estimate of drug-likeness (QED) is 0.818. The van der Waals surface area contributed by atoms with Crippen LogP contribution in [0.2, 0.25) is 5.15 Å². The molecule has 0 bridgehead atoms. The van der Waals surface area contributed by atoms with Crippen LogP contribution in [0.3, 0.4) is 0 Å². The molecule has 0 saturated heterocycles. The first-order valence-corrected chi connectivity index (χ1v) is 5.49. The summed E-state index contributed by atoms with van der Waals surface area (Å²) in [5.74, 6) is -0.828. The molecular weight excluding hydrogens is 260 g/mol. The lowest BCUT2D eigenvalue weighted by Crippen LogP contribution is -1.99. The average molecular weight is 270 g/mol. The minimum atomic E-state index is -0.575. The van der Waals surface area contributed by atoms with Gasteiger partial charge in [-0.15, -0.1) is 0 Å². The van der Waals surface area contributed by atoms with Gasteiger partial charge in [-0.05, 0) is 24.6 Å². The van der Waals surface area contributed by atoms with E-state index >= 15 is 0 Å². The molecule has 1 heterocycles. The smallest absolute Gasteiger partial charge is 0.147 e. The molecule has 2 rings (SSSR count). The van der Waals surface area contributed by atoms with Crippen molar-refractivity contribution in [2.45, 2.75) is 6.92 Å². The molecule has 18 heavy (non-hydrogen) atoms. The third kappa shape index (κ3) is 2.68. The number of pyridine rings is 1.